The molecule has 4 heteroatoms. The summed E-state index contributed by atoms with van der Waals surface area (Å²) in [6, 6.07) is 10.5. The number of hydrogen-bond acceptors (Lipinski definition) is 3. The van der Waals surface area contributed by atoms with E-state index < -0.39 is 0 Å². The fourth-order valence-corrected chi connectivity index (χ4v) is 4.61. The second kappa shape index (κ2) is 9.16. The third-order valence-electron chi connectivity index (χ3n) is 4.85. The monoisotopic (exact) mass is 356 g/mol. The van der Waals surface area contributed by atoms with Crippen molar-refractivity contribution in [1.82, 2.24) is 10.2 Å². The van der Waals surface area contributed by atoms with Crippen molar-refractivity contribution >= 4 is 17.2 Å². The summed E-state index contributed by atoms with van der Waals surface area (Å²) in [7, 11) is 2.13. The lowest BCUT2D eigenvalue weighted by atomic mass is 10.1. The van der Waals surface area contributed by atoms with Gasteiger partial charge < -0.3 is 10.2 Å². The highest BCUT2D eigenvalue weighted by molar-refractivity contribution is 7.10. The summed E-state index contributed by atoms with van der Waals surface area (Å²) in [6.07, 6.45) is 6.97. The number of benzene rings is 1. The van der Waals surface area contributed by atoms with Gasteiger partial charge in [-0.1, -0.05) is 36.8 Å². The van der Waals surface area contributed by atoms with E-state index in [0.29, 0.717) is 0 Å². The summed E-state index contributed by atoms with van der Waals surface area (Å²) in [5.41, 5.74) is 3.58. The Bertz CT molecular complexity index is 680. The van der Waals surface area contributed by atoms with Gasteiger partial charge in [0.05, 0.1) is 5.56 Å². The molecule has 3 rings (SSSR count). The molecule has 2 aromatic rings. The van der Waals surface area contributed by atoms with Crippen molar-refractivity contribution in [3.8, 4) is 0 Å². The smallest absolute Gasteiger partial charge is 0.252 e. The minimum atomic E-state index is 0.116. The van der Waals surface area contributed by atoms with Gasteiger partial charge in [-0.3, -0.25) is 4.79 Å². The average molecular weight is 357 g/mol. The quantitative estimate of drug-likeness (QED) is 0.593. The highest BCUT2D eigenvalue weighted by atomic mass is 32.1. The molecule has 0 radical (unpaired) electrons. The maximum atomic E-state index is 12.5. The largest absolute Gasteiger partial charge is 0.352 e. The van der Waals surface area contributed by atoms with Crippen LogP contribution in [0.5, 0.6) is 0 Å². The van der Waals surface area contributed by atoms with E-state index in [4.69, 9.17) is 0 Å². The van der Waals surface area contributed by atoms with Crippen LogP contribution in [0.25, 0.3) is 0 Å². The van der Waals surface area contributed by atoms with Crippen LogP contribution in [0.2, 0.25) is 0 Å². The van der Waals surface area contributed by atoms with Gasteiger partial charge in [0.15, 0.2) is 0 Å². The Labute approximate surface area is 155 Å². The first kappa shape index (κ1) is 18.2. The molecular weight excluding hydrogens is 328 g/mol. The molecule has 0 unspecified atom stereocenters. The molecule has 3 nitrogen and oxygen atoms in total. The predicted molar refractivity (Wildman–Crippen MR) is 105 cm³/mol. The van der Waals surface area contributed by atoms with E-state index in [1.807, 2.05) is 6.07 Å². The zero-order chi connectivity index (χ0) is 17.5. The minimum absolute atomic E-state index is 0.116. The lowest BCUT2D eigenvalue weighted by Gasteiger charge is -2.16. The number of thiophene rings is 1. The number of carbonyl (C=O) groups is 1. The Morgan fingerprint density at radius 3 is 2.80 bits per heavy atom. The first-order chi connectivity index (χ1) is 12.2. The molecule has 1 amide bonds. The summed E-state index contributed by atoms with van der Waals surface area (Å²) in [5.74, 6) is 0.116. The molecule has 0 atom stereocenters. The number of amides is 1. The van der Waals surface area contributed by atoms with Gasteiger partial charge in [0.25, 0.3) is 5.91 Å². The van der Waals surface area contributed by atoms with Crippen LogP contribution in [0.4, 0.5) is 0 Å². The van der Waals surface area contributed by atoms with Crippen molar-refractivity contribution in [3.05, 3.63) is 57.3 Å². The summed E-state index contributed by atoms with van der Waals surface area (Å²) in [4.78, 5) is 16.2. The van der Waals surface area contributed by atoms with Gasteiger partial charge >= 0.3 is 0 Å². The van der Waals surface area contributed by atoms with Gasteiger partial charge in [0.1, 0.15) is 0 Å². The van der Waals surface area contributed by atoms with E-state index >= 15 is 0 Å². The maximum Gasteiger partial charge on any atom is 0.252 e. The first-order valence-corrected chi connectivity index (χ1v) is 10.2. The van der Waals surface area contributed by atoms with Crippen LogP contribution in [0.1, 0.15) is 52.0 Å². The SMILES string of the molecule is CN(CCCNC(=O)c1csc2c1CCCCC2)Cc1ccccc1. The zero-order valence-electron chi connectivity index (χ0n) is 15.1. The summed E-state index contributed by atoms with van der Waals surface area (Å²) in [5, 5.41) is 5.18. The minimum Gasteiger partial charge on any atom is -0.352 e. The van der Waals surface area contributed by atoms with Gasteiger partial charge in [-0.05, 0) is 56.8 Å². The topological polar surface area (TPSA) is 32.3 Å². The molecule has 0 fully saturated rings. The van der Waals surface area contributed by atoms with Gasteiger partial charge in [-0.25, -0.2) is 0 Å². The van der Waals surface area contributed by atoms with Crippen LogP contribution in [-0.2, 0) is 19.4 Å². The van der Waals surface area contributed by atoms with Crippen molar-refractivity contribution in [2.75, 3.05) is 20.1 Å². The van der Waals surface area contributed by atoms with E-state index in [-0.39, 0.29) is 5.91 Å². The van der Waals surface area contributed by atoms with E-state index in [0.717, 1.165) is 44.5 Å². The summed E-state index contributed by atoms with van der Waals surface area (Å²) >= 11 is 1.77. The Balaban J connectivity index is 1.42. The second-order valence-electron chi connectivity index (χ2n) is 6.94. The lowest BCUT2D eigenvalue weighted by Crippen LogP contribution is -2.28. The molecule has 134 valence electrons. The van der Waals surface area contributed by atoms with Crippen molar-refractivity contribution < 1.29 is 4.79 Å². The van der Waals surface area contributed by atoms with Crippen LogP contribution in [0, 0.1) is 0 Å². The highest BCUT2D eigenvalue weighted by Gasteiger charge is 2.18. The van der Waals surface area contributed by atoms with Gasteiger partial charge in [0, 0.05) is 23.3 Å². The molecule has 1 aliphatic carbocycles. The molecule has 0 aliphatic heterocycles. The van der Waals surface area contributed by atoms with E-state index in [2.05, 4.69) is 46.9 Å². The van der Waals surface area contributed by atoms with Crippen LogP contribution >= 0.6 is 11.3 Å². The fraction of sp³-hybridized carbons (Fsp3) is 0.476. The van der Waals surface area contributed by atoms with E-state index in [9.17, 15) is 4.79 Å². The Morgan fingerprint density at radius 1 is 1.16 bits per heavy atom. The Morgan fingerprint density at radius 2 is 1.96 bits per heavy atom. The standard InChI is InChI=1S/C21H28N2OS/c1-23(15-17-9-4-2-5-10-17)14-8-13-22-21(24)19-16-25-20-12-7-3-6-11-18(19)20/h2,4-5,9-10,16H,3,6-8,11-15H2,1H3,(H,22,24). The highest BCUT2D eigenvalue weighted by Crippen LogP contribution is 2.29. The van der Waals surface area contributed by atoms with Crippen LogP contribution < -0.4 is 5.32 Å². The van der Waals surface area contributed by atoms with Crippen molar-refractivity contribution in [3.63, 3.8) is 0 Å². The number of rotatable bonds is 7. The van der Waals surface area contributed by atoms with Crippen molar-refractivity contribution in [2.45, 2.75) is 45.1 Å². The van der Waals surface area contributed by atoms with E-state index in [1.165, 1.54) is 35.3 Å². The van der Waals surface area contributed by atoms with E-state index in [1.54, 1.807) is 11.3 Å². The molecule has 1 heterocycles. The van der Waals surface area contributed by atoms with Gasteiger partial charge in [0.2, 0.25) is 0 Å². The maximum absolute atomic E-state index is 12.5. The molecule has 1 aromatic carbocycles. The molecule has 1 aliphatic rings. The molecular formula is C21H28N2OS. The number of fused-ring (bicyclic) bond motifs is 1. The molecule has 1 aromatic heterocycles. The lowest BCUT2D eigenvalue weighted by molar-refractivity contribution is 0.0951. The Hall–Kier alpha value is -1.65. The molecule has 0 saturated carbocycles. The molecule has 1 N–H and O–H groups in total. The predicted octanol–water partition coefficient (Wildman–Crippen LogP) is 4.27. The van der Waals surface area contributed by atoms with Crippen LogP contribution in [0.3, 0.4) is 0 Å². The Kier molecular flexibility index (Phi) is 6.65. The average Bonchev–Trinajstić information content (AvgIpc) is 2.88. The molecule has 0 bridgehead atoms. The van der Waals surface area contributed by atoms with Gasteiger partial charge in [-0.15, -0.1) is 11.3 Å². The number of hydrogen-bond donors (Lipinski definition) is 1. The fourth-order valence-electron chi connectivity index (χ4n) is 3.48. The molecule has 0 saturated heterocycles. The van der Waals surface area contributed by atoms with Crippen molar-refractivity contribution in [2.24, 2.45) is 0 Å². The first-order valence-electron chi connectivity index (χ1n) is 9.34. The molecule has 0 spiro atoms. The third-order valence-corrected chi connectivity index (χ3v) is 5.94. The summed E-state index contributed by atoms with van der Waals surface area (Å²) < 4.78 is 0. The summed E-state index contributed by atoms with van der Waals surface area (Å²) in [6.45, 7) is 2.67. The van der Waals surface area contributed by atoms with Crippen molar-refractivity contribution in [1.29, 1.82) is 0 Å². The second-order valence-corrected chi connectivity index (χ2v) is 7.91. The van der Waals surface area contributed by atoms with Gasteiger partial charge in [-0.2, -0.15) is 0 Å². The molecule has 25 heavy (non-hydrogen) atoms. The van der Waals surface area contributed by atoms with Crippen LogP contribution in [-0.4, -0.2) is 30.9 Å². The normalized spacial score (nSPS) is 14.2. The zero-order valence-corrected chi connectivity index (χ0v) is 15.9. The number of nitrogens with zero attached hydrogens (tertiary/aromatic N) is 1. The number of aryl methyl sites for hydroxylation is 1. The number of nitrogens with one attached hydrogen (secondary N) is 1. The number of carbonyl (C=O) groups excluding carboxylic acids is 1. The van der Waals surface area contributed by atoms with Crippen LogP contribution in [0.15, 0.2) is 35.7 Å². The third kappa shape index (κ3) is 5.16.